The second-order valence-electron chi connectivity index (χ2n) is 7.88. The minimum Gasteiger partial charge on any atom is -0.465 e. The van der Waals surface area contributed by atoms with Crippen molar-refractivity contribution < 1.29 is 9.53 Å². The van der Waals surface area contributed by atoms with Crippen LogP contribution in [0, 0.1) is 5.41 Å². The van der Waals surface area contributed by atoms with E-state index in [9.17, 15) is 4.79 Å². The maximum absolute atomic E-state index is 11.8. The molecule has 0 saturated carbocycles. The average molecular weight is 318 g/mol. The van der Waals surface area contributed by atoms with Gasteiger partial charge in [0.2, 0.25) is 0 Å². The zero-order chi connectivity index (χ0) is 16.3. The highest BCUT2D eigenvalue weighted by molar-refractivity contribution is 5.89. The van der Waals surface area contributed by atoms with Gasteiger partial charge in [0.25, 0.3) is 0 Å². The molecule has 2 heteroatoms. The summed E-state index contributed by atoms with van der Waals surface area (Å²) in [5.41, 5.74) is 10.3. The highest BCUT2D eigenvalue weighted by atomic mass is 16.5. The van der Waals surface area contributed by atoms with Crippen molar-refractivity contribution in [1.82, 2.24) is 0 Å². The molecule has 0 saturated heterocycles. The molecule has 5 rings (SSSR count). The zero-order valence-electron chi connectivity index (χ0n) is 14.2. The fourth-order valence-electron chi connectivity index (χ4n) is 5.35. The number of rotatable bonds is 1. The molecule has 1 spiro atoms. The van der Waals surface area contributed by atoms with Gasteiger partial charge in [0.1, 0.15) is 0 Å². The smallest absolute Gasteiger partial charge is 0.337 e. The van der Waals surface area contributed by atoms with Gasteiger partial charge in [0.15, 0.2) is 0 Å². The molecule has 2 aromatic rings. The first kappa shape index (κ1) is 14.3. The summed E-state index contributed by atoms with van der Waals surface area (Å²) in [6.45, 7) is 0. The number of fused-ring (bicyclic) bond motifs is 4. The molecular formula is C22H22O2. The Balaban J connectivity index is 1.48. The third-order valence-electron chi connectivity index (χ3n) is 6.37. The highest BCUT2D eigenvalue weighted by Gasteiger charge is 2.43. The fourth-order valence-corrected chi connectivity index (χ4v) is 5.35. The number of hydrogen-bond donors (Lipinski definition) is 0. The lowest BCUT2D eigenvalue weighted by Crippen LogP contribution is -2.21. The Morgan fingerprint density at radius 1 is 0.875 bits per heavy atom. The van der Waals surface area contributed by atoms with E-state index < -0.39 is 0 Å². The molecule has 3 aliphatic rings. The van der Waals surface area contributed by atoms with Crippen molar-refractivity contribution in [2.45, 2.75) is 44.9 Å². The minimum atomic E-state index is -0.230. The van der Waals surface area contributed by atoms with Crippen LogP contribution in [0.5, 0.6) is 0 Å². The third-order valence-corrected chi connectivity index (χ3v) is 6.37. The number of methoxy groups -OCH3 is 1. The molecule has 0 N–H and O–H groups in total. The van der Waals surface area contributed by atoms with Crippen molar-refractivity contribution in [3.8, 4) is 0 Å². The number of carbonyl (C=O) groups excluding carboxylic acids is 1. The largest absolute Gasteiger partial charge is 0.465 e. The van der Waals surface area contributed by atoms with Gasteiger partial charge in [-0.25, -0.2) is 4.79 Å². The van der Waals surface area contributed by atoms with E-state index in [2.05, 4.69) is 24.3 Å². The number of hydrogen-bond acceptors (Lipinski definition) is 2. The van der Waals surface area contributed by atoms with Gasteiger partial charge in [-0.15, -0.1) is 0 Å². The third kappa shape index (κ3) is 1.98. The van der Waals surface area contributed by atoms with Crippen LogP contribution in [0.15, 0.2) is 30.3 Å². The number of aryl methyl sites for hydroxylation is 1. The molecule has 0 fully saturated rings. The molecule has 2 nitrogen and oxygen atoms in total. The van der Waals surface area contributed by atoms with E-state index >= 15 is 0 Å². The molecule has 1 atom stereocenters. The standard InChI is InChI=1S/C22H22O2/c1-24-21(23)15-6-7-16-10-22(12-18(16)9-15)11-17-8-5-14-3-2-4-19(14)20(17)13-22/h5-9H,2-4,10-13H2,1H3/t22-/m1/s1. The summed E-state index contributed by atoms with van der Waals surface area (Å²) >= 11 is 0. The van der Waals surface area contributed by atoms with Crippen LogP contribution in [0.25, 0.3) is 0 Å². The fraction of sp³-hybridized carbons (Fsp3) is 0.409. The monoisotopic (exact) mass is 318 g/mol. The van der Waals surface area contributed by atoms with Crippen LogP contribution in [0.3, 0.4) is 0 Å². The predicted molar refractivity (Wildman–Crippen MR) is 93.5 cm³/mol. The Hall–Kier alpha value is -2.09. The van der Waals surface area contributed by atoms with Gasteiger partial charge >= 0.3 is 5.97 Å². The Bertz CT molecular complexity index is 865. The van der Waals surface area contributed by atoms with Crippen LogP contribution in [-0.4, -0.2) is 13.1 Å². The average Bonchev–Trinajstić information content (AvgIpc) is 3.27. The summed E-state index contributed by atoms with van der Waals surface area (Å²) < 4.78 is 4.88. The molecule has 0 aromatic heterocycles. The van der Waals surface area contributed by atoms with Crippen LogP contribution in [-0.2, 0) is 43.3 Å². The van der Waals surface area contributed by atoms with E-state index in [0.29, 0.717) is 11.0 Å². The van der Waals surface area contributed by atoms with Gasteiger partial charge in [-0.1, -0.05) is 18.2 Å². The van der Waals surface area contributed by atoms with Gasteiger partial charge in [-0.05, 0) is 95.9 Å². The predicted octanol–water partition coefficient (Wildman–Crippen LogP) is 3.85. The Morgan fingerprint density at radius 2 is 1.62 bits per heavy atom. The highest BCUT2D eigenvalue weighted by Crippen LogP contribution is 2.49. The maximum Gasteiger partial charge on any atom is 0.337 e. The first-order valence-corrected chi connectivity index (χ1v) is 9.00. The normalized spacial score (nSPS) is 23.2. The first-order valence-electron chi connectivity index (χ1n) is 9.00. The number of ether oxygens (including phenoxy) is 1. The van der Waals surface area contributed by atoms with E-state index in [-0.39, 0.29) is 5.97 Å². The van der Waals surface area contributed by atoms with Crippen molar-refractivity contribution in [3.63, 3.8) is 0 Å². The molecule has 0 unspecified atom stereocenters. The summed E-state index contributed by atoms with van der Waals surface area (Å²) in [5, 5.41) is 0. The van der Waals surface area contributed by atoms with Gasteiger partial charge in [-0.2, -0.15) is 0 Å². The van der Waals surface area contributed by atoms with E-state index in [1.807, 2.05) is 6.07 Å². The molecule has 0 heterocycles. The summed E-state index contributed by atoms with van der Waals surface area (Å²) in [4.78, 5) is 11.8. The van der Waals surface area contributed by atoms with Gasteiger partial charge < -0.3 is 4.74 Å². The van der Waals surface area contributed by atoms with Crippen molar-refractivity contribution >= 4 is 5.97 Å². The summed E-state index contributed by atoms with van der Waals surface area (Å²) in [5.74, 6) is -0.230. The van der Waals surface area contributed by atoms with E-state index in [4.69, 9.17) is 4.74 Å². The van der Waals surface area contributed by atoms with Gasteiger partial charge in [-0.3, -0.25) is 0 Å². The van der Waals surface area contributed by atoms with E-state index in [1.165, 1.54) is 50.3 Å². The SMILES string of the molecule is COC(=O)c1ccc2c(c1)C[C@@]1(C2)Cc2ccc3c(c2C1)CCC3. The number of carbonyl (C=O) groups is 1. The van der Waals surface area contributed by atoms with E-state index in [0.717, 1.165) is 12.8 Å². The lowest BCUT2D eigenvalue weighted by atomic mass is 9.81. The topological polar surface area (TPSA) is 26.3 Å². The van der Waals surface area contributed by atoms with Crippen LogP contribution in [0.4, 0.5) is 0 Å². The van der Waals surface area contributed by atoms with E-state index in [1.54, 1.807) is 22.3 Å². The summed E-state index contributed by atoms with van der Waals surface area (Å²) in [6, 6.07) is 10.9. The van der Waals surface area contributed by atoms with Gasteiger partial charge in [0.05, 0.1) is 12.7 Å². The quantitative estimate of drug-likeness (QED) is 0.747. The Morgan fingerprint density at radius 3 is 2.50 bits per heavy atom. The molecule has 2 aromatic carbocycles. The van der Waals surface area contributed by atoms with Crippen LogP contribution >= 0.6 is 0 Å². The minimum absolute atomic E-state index is 0.230. The molecule has 0 bridgehead atoms. The molecule has 24 heavy (non-hydrogen) atoms. The Labute approximate surface area is 142 Å². The molecular weight excluding hydrogens is 296 g/mol. The van der Waals surface area contributed by atoms with Gasteiger partial charge in [0, 0.05) is 0 Å². The van der Waals surface area contributed by atoms with Crippen molar-refractivity contribution in [3.05, 3.63) is 69.3 Å². The molecule has 0 radical (unpaired) electrons. The molecule has 0 amide bonds. The first-order chi connectivity index (χ1) is 11.7. The zero-order valence-corrected chi connectivity index (χ0v) is 14.2. The van der Waals surface area contributed by atoms with Crippen LogP contribution < -0.4 is 0 Å². The molecule has 0 aliphatic heterocycles. The van der Waals surface area contributed by atoms with Crippen LogP contribution in [0.2, 0.25) is 0 Å². The van der Waals surface area contributed by atoms with Crippen molar-refractivity contribution in [2.24, 2.45) is 5.41 Å². The second kappa shape index (κ2) is 4.95. The molecule has 3 aliphatic carbocycles. The van der Waals surface area contributed by atoms with Crippen molar-refractivity contribution in [2.75, 3.05) is 7.11 Å². The number of esters is 1. The summed E-state index contributed by atoms with van der Waals surface area (Å²) in [6.07, 6.45) is 8.50. The summed E-state index contributed by atoms with van der Waals surface area (Å²) in [7, 11) is 1.45. The Kier molecular flexibility index (Phi) is 2.94. The maximum atomic E-state index is 11.8. The lowest BCUT2D eigenvalue weighted by Gasteiger charge is -2.22. The van der Waals surface area contributed by atoms with Crippen molar-refractivity contribution in [1.29, 1.82) is 0 Å². The lowest BCUT2D eigenvalue weighted by molar-refractivity contribution is 0.0600. The van der Waals surface area contributed by atoms with Crippen LogP contribution in [0.1, 0.15) is 50.2 Å². The second-order valence-corrected chi connectivity index (χ2v) is 7.88. The number of benzene rings is 2. The molecule has 122 valence electrons.